The van der Waals surface area contributed by atoms with Crippen molar-refractivity contribution in [1.29, 1.82) is 0 Å². The molecule has 4 nitrogen and oxygen atoms in total. The monoisotopic (exact) mass is 367 g/mol. The van der Waals surface area contributed by atoms with E-state index in [1.165, 1.54) is 16.8 Å². The predicted molar refractivity (Wildman–Crippen MR) is 105 cm³/mol. The highest BCUT2D eigenvalue weighted by Crippen LogP contribution is 2.29. The zero-order valence-electron chi connectivity index (χ0n) is 14.8. The first-order chi connectivity index (χ1) is 12.7. The van der Waals surface area contributed by atoms with Crippen LogP contribution in [-0.4, -0.2) is 30.0 Å². The van der Waals surface area contributed by atoms with Crippen molar-refractivity contribution in [2.24, 2.45) is 0 Å². The normalized spacial score (nSPS) is 13.9. The molecule has 4 rings (SSSR count). The average Bonchev–Trinajstić information content (AvgIpc) is 2.84. The third-order valence-corrected chi connectivity index (χ3v) is 5.09. The van der Waals surface area contributed by atoms with E-state index in [0.29, 0.717) is 0 Å². The van der Waals surface area contributed by atoms with E-state index in [1.807, 2.05) is 24.3 Å². The number of ether oxygens (including phenoxy) is 1. The third-order valence-electron chi connectivity index (χ3n) is 4.84. The summed E-state index contributed by atoms with van der Waals surface area (Å²) in [6.07, 6.45) is 1.98. The summed E-state index contributed by atoms with van der Waals surface area (Å²) in [4.78, 5) is 0. The van der Waals surface area contributed by atoms with Gasteiger partial charge in [0.1, 0.15) is 5.75 Å². The highest BCUT2D eigenvalue weighted by Gasteiger charge is 2.20. The van der Waals surface area contributed by atoms with Crippen LogP contribution in [-0.2, 0) is 19.4 Å². The quantitative estimate of drug-likeness (QED) is 0.759. The van der Waals surface area contributed by atoms with Crippen LogP contribution in [0.15, 0.2) is 48.5 Å². The van der Waals surface area contributed by atoms with Gasteiger partial charge in [-0.2, -0.15) is 5.10 Å². The van der Waals surface area contributed by atoms with Gasteiger partial charge in [-0.3, -0.25) is 4.68 Å². The molecule has 1 aliphatic heterocycles. The van der Waals surface area contributed by atoms with Crippen molar-refractivity contribution in [3.63, 3.8) is 0 Å². The summed E-state index contributed by atoms with van der Waals surface area (Å²) in [5, 5.41) is 9.23. The molecule has 1 N–H and O–H groups in total. The van der Waals surface area contributed by atoms with Gasteiger partial charge in [-0.15, -0.1) is 0 Å². The van der Waals surface area contributed by atoms with Crippen molar-refractivity contribution in [3.05, 3.63) is 70.4 Å². The van der Waals surface area contributed by atoms with E-state index in [4.69, 9.17) is 21.4 Å². The number of hydrogen-bond donors (Lipinski definition) is 1. The maximum absolute atomic E-state index is 6.06. The number of halogens is 1. The first kappa shape index (κ1) is 17.1. The van der Waals surface area contributed by atoms with Crippen LogP contribution in [0.25, 0.3) is 11.3 Å². The molecule has 0 aliphatic carbocycles. The Morgan fingerprint density at radius 3 is 2.73 bits per heavy atom. The summed E-state index contributed by atoms with van der Waals surface area (Å²) in [5.74, 6) is 0.875. The Kier molecular flexibility index (Phi) is 4.96. The lowest BCUT2D eigenvalue weighted by Gasteiger charge is -2.09. The molecule has 1 aliphatic rings. The molecule has 0 fully saturated rings. The van der Waals surface area contributed by atoms with Crippen LogP contribution < -0.4 is 10.1 Å². The van der Waals surface area contributed by atoms with Gasteiger partial charge in [-0.05, 0) is 42.8 Å². The van der Waals surface area contributed by atoms with Gasteiger partial charge in [-0.1, -0.05) is 35.9 Å². The Morgan fingerprint density at radius 1 is 1.12 bits per heavy atom. The predicted octanol–water partition coefficient (Wildman–Crippen LogP) is 3.95. The third kappa shape index (κ3) is 3.48. The van der Waals surface area contributed by atoms with Crippen molar-refractivity contribution in [2.45, 2.75) is 19.4 Å². The van der Waals surface area contributed by atoms with Crippen LogP contribution in [0.3, 0.4) is 0 Å². The lowest BCUT2D eigenvalue weighted by molar-refractivity contribution is 0.414. The minimum Gasteiger partial charge on any atom is -0.497 e. The van der Waals surface area contributed by atoms with E-state index < -0.39 is 0 Å². The lowest BCUT2D eigenvalue weighted by atomic mass is 10.0. The molecule has 1 aromatic heterocycles. The van der Waals surface area contributed by atoms with Crippen LogP contribution in [0.2, 0.25) is 5.02 Å². The SMILES string of the molecule is COc1cccc(Cn2nc(-c3ccc(Cl)cc3)c3c2CCNCC3)c1. The Labute approximate surface area is 158 Å². The summed E-state index contributed by atoms with van der Waals surface area (Å²) >= 11 is 6.06. The van der Waals surface area contributed by atoms with Crippen molar-refractivity contribution in [3.8, 4) is 17.0 Å². The number of nitrogens with zero attached hydrogens (tertiary/aromatic N) is 2. The first-order valence-electron chi connectivity index (χ1n) is 8.93. The maximum atomic E-state index is 6.06. The van der Waals surface area contributed by atoms with Crippen molar-refractivity contribution in [2.75, 3.05) is 20.2 Å². The van der Waals surface area contributed by atoms with Crippen LogP contribution in [0.5, 0.6) is 5.75 Å². The molecule has 0 unspecified atom stereocenters. The van der Waals surface area contributed by atoms with Gasteiger partial charge in [0.05, 0.1) is 19.3 Å². The minimum atomic E-state index is 0.743. The molecule has 0 amide bonds. The summed E-state index contributed by atoms with van der Waals surface area (Å²) in [6, 6.07) is 16.2. The Hall–Kier alpha value is -2.30. The van der Waals surface area contributed by atoms with Crippen LogP contribution >= 0.6 is 11.6 Å². The molecular weight excluding hydrogens is 346 g/mol. The van der Waals surface area contributed by atoms with E-state index in [0.717, 1.165) is 54.5 Å². The number of aromatic nitrogens is 2. The largest absolute Gasteiger partial charge is 0.497 e. The van der Waals surface area contributed by atoms with E-state index in [1.54, 1.807) is 7.11 Å². The lowest BCUT2D eigenvalue weighted by Crippen LogP contribution is -2.17. The van der Waals surface area contributed by atoms with E-state index in [2.05, 4.69) is 34.3 Å². The van der Waals surface area contributed by atoms with E-state index >= 15 is 0 Å². The smallest absolute Gasteiger partial charge is 0.119 e. The summed E-state index contributed by atoms with van der Waals surface area (Å²) in [7, 11) is 1.70. The van der Waals surface area contributed by atoms with Crippen molar-refractivity contribution < 1.29 is 4.74 Å². The highest BCUT2D eigenvalue weighted by molar-refractivity contribution is 6.30. The van der Waals surface area contributed by atoms with Gasteiger partial charge in [0.2, 0.25) is 0 Å². The minimum absolute atomic E-state index is 0.743. The maximum Gasteiger partial charge on any atom is 0.119 e. The van der Waals surface area contributed by atoms with Gasteiger partial charge < -0.3 is 10.1 Å². The van der Waals surface area contributed by atoms with Crippen molar-refractivity contribution >= 4 is 11.6 Å². The molecule has 0 saturated heterocycles. The average molecular weight is 368 g/mol. The topological polar surface area (TPSA) is 39.1 Å². The summed E-state index contributed by atoms with van der Waals surface area (Å²) in [6.45, 7) is 2.71. The zero-order valence-corrected chi connectivity index (χ0v) is 15.6. The Morgan fingerprint density at radius 2 is 1.92 bits per heavy atom. The number of benzene rings is 2. The standard InChI is InChI=1S/C21H22ClN3O/c1-26-18-4-2-3-15(13-18)14-25-20-10-12-23-11-9-19(20)21(24-25)16-5-7-17(22)8-6-16/h2-8,13,23H,9-12,14H2,1H3. The molecule has 0 atom stereocenters. The van der Waals surface area contributed by atoms with Gasteiger partial charge in [-0.25, -0.2) is 0 Å². The molecular formula is C21H22ClN3O. The van der Waals surface area contributed by atoms with Gasteiger partial charge in [0, 0.05) is 34.8 Å². The van der Waals surface area contributed by atoms with Gasteiger partial charge in [0.15, 0.2) is 0 Å². The molecule has 0 bridgehead atoms. The van der Waals surface area contributed by atoms with E-state index in [9.17, 15) is 0 Å². The summed E-state index contributed by atoms with van der Waals surface area (Å²) in [5.41, 5.74) is 6.05. The molecule has 0 radical (unpaired) electrons. The number of rotatable bonds is 4. The summed E-state index contributed by atoms with van der Waals surface area (Å²) < 4.78 is 7.51. The Balaban J connectivity index is 1.75. The molecule has 0 saturated carbocycles. The van der Waals surface area contributed by atoms with Crippen LogP contribution in [0, 0.1) is 0 Å². The molecule has 134 valence electrons. The fourth-order valence-corrected chi connectivity index (χ4v) is 3.66. The number of methoxy groups -OCH3 is 1. The molecule has 5 heteroatoms. The van der Waals surface area contributed by atoms with Crippen molar-refractivity contribution in [1.82, 2.24) is 15.1 Å². The Bertz CT molecular complexity index is 902. The fourth-order valence-electron chi connectivity index (χ4n) is 3.54. The van der Waals surface area contributed by atoms with Crippen LogP contribution in [0.4, 0.5) is 0 Å². The first-order valence-corrected chi connectivity index (χ1v) is 9.30. The molecule has 2 aromatic carbocycles. The second kappa shape index (κ2) is 7.52. The van der Waals surface area contributed by atoms with Gasteiger partial charge in [0.25, 0.3) is 0 Å². The fraction of sp³-hybridized carbons (Fsp3) is 0.286. The molecule has 3 aromatic rings. The molecule has 0 spiro atoms. The van der Waals surface area contributed by atoms with Crippen LogP contribution in [0.1, 0.15) is 16.8 Å². The zero-order chi connectivity index (χ0) is 17.9. The molecule has 2 heterocycles. The molecule has 26 heavy (non-hydrogen) atoms. The second-order valence-corrected chi connectivity index (χ2v) is 6.98. The highest BCUT2D eigenvalue weighted by atomic mass is 35.5. The number of nitrogens with one attached hydrogen (secondary N) is 1. The second-order valence-electron chi connectivity index (χ2n) is 6.54. The number of fused-ring (bicyclic) bond motifs is 1. The van der Waals surface area contributed by atoms with Gasteiger partial charge >= 0.3 is 0 Å². The van der Waals surface area contributed by atoms with E-state index in [-0.39, 0.29) is 0 Å². The number of hydrogen-bond acceptors (Lipinski definition) is 3.